The van der Waals surface area contributed by atoms with Crippen LogP contribution >= 0.6 is 11.6 Å². The monoisotopic (exact) mass is 477 g/mol. The average Bonchev–Trinajstić information content (AvgIpc) is 3.05. The molecule has 8 heteroatoms. The highest BCUT2D eigenvalue weighted by Crippen LogP contribution is 2.38. The number of hydrogen-bond donors (Lipinski definition) is 2. The van der Waals surface area contributed by atoms with E-state index in [9.17, 15) is 8.78 Å². The van der Waals surface area contributed by atoms with E-state index in [4.69, 9.17) is 11.6 Å². The highest BCUT2D eigenvalue weighted by molar-refractivity contribution is 6.31. The lowest BCUT2D eigenvalue weighted by Crippen LogP contribution is -2.12. The molecule has 0 spiro atoms. The molecule has 5 nitrogen and oxygen atoms in total. The molecule has 34 heavy (non-hydrogen) atoms. The number of fused-ring (bicyclic) bond motifs is 2. The van der Waals surface area contributed by atoms with Gasteiger partial charge in [0.25, 0.3) is 0 Å². The Morgan fingerprint density at radius 3 is 2.62 bits per heavy atom. The first-order valence-electron chi connectivity index (χ1n) is 11.0. The quantitative estimate of drug-likeness (QED) is 0.462. The lowest BCUT2D eigenvalue weighted by molar-refractivity contribution is 0.579. The molecule has 0 saturated carbocycles. The summed E-state index contributed by atoms with van der Waals surface area (Å²) in [5, 5.41) is 10.9. The molecular formula is C26H22ClF2N5. The van der Waals surface area contributed by atoms with Gasteiger partial charge in [-0.2, -0.15) is 5.10 Å². The van der Waals surface area contributed by atoms with Crippen LogP contribution in [0, 0.1) is 24.5 Å². The molecule has 0 bridgehead atoms. The fraction of sp³-hybridized carbons (Fsp3) is 0.192. The van der Waals surface area contributed by atoms with Gasteiger partial charge in [0.05, 0.1) is 17.8 Å². The normalized spacial score (nSPS) is 17.4. The minimum Gasteiger partial charge on any atom is -0.324 e. The third kappa shape index (κ3) is 4.07. The first kappa shape index (κ1) is 22.2. The number of rotatable bonds is 4. The Bertz CT molecular complexity index is 1380. The fourth-order valence-electron chi connectivity index (χ4n) is 4.41. The number of anilines is 1. The minimum absolute atomic E-state index is 0.0139. The van der Waals surface area contributed by atoms with Gasteiger partial charge in [0.15, 0.2) is 5.82 Å². The topological polar surface area (TPSA) is 65.4 Å². The van der Waals surface area contributed by atoms with Gasteiger partial charge in [-0.1, -0.05) is 30.7 Å². The van der Waals surface area contributed by atoms with Crippen LogP contribution in [0.5, 0.6) is 0 Å². The first-order valence-corrected chi connectivity index (χ1v) is 11.4. The lowest BCUT2D eigenvalue weighted by atomic mass is 9.83. The maximum Gasteiger partial charge on any atom is 0.153 e. The summed E-state index contributed by atoms with van der Waals surface area (Å²) in [4.78, 5) is 9.32. The van der Waals surface area contributed by atoms with E-state index in [1.165, 1.54) is 18.2 Å². The van der Waals surface area contributed by atoms with E-state index in [1.807, 2.05) is 19.1 Å². The molecule has 0 radical (unpaired) electrons. The second-order valence-corrected chi connectivity index (χ2v) is 8.71. The number of aromatic nitrogens is 2. The second kappa shape index (κ2) is 8.99. The number of hydrogen-bond acceptors (Lipinski definition) is 4. The van der Waals surface area contributed by atoms with Crippen molar-refractivity contribution in [2.75, 3.05) is 11.9 Å². The Morgan fingerprint density at radius 2 is 1.91 bits per heavy atom. The van der Waals surface area contributed by atoms with E-state index >= 15 is 0 Å². The van der Waals surface area contributed by atoms with Gasteiger partial charge < -0.3 is 5.32 Å². The van der Waals surface area contributed by atoms with Crippen molar-refractivity contribution in [1.29, 1.82) is 0 Å². The number of aryl methyl sites for hydroxylation is 1. The largest absolute Gasteiger partial charge is 0.324 e. The summed E-state index contributed by atoms with van der Waals surface area (Å²) >= 11 is 6.34. The standard InChI is InChI=1S/C26H22ClF2N5/c1-3-15-10-22(32-23-9-14(2)33-34-23)30-12-16-13-31-26(25-20(28)5-4-6-21(25)29)19-11-17(27)7-8-18(19)24(15)16/h4-12,15H,3,13H2,1-2H3,(H2,32,33,34). The predicted octanol–water partition coefficient (Wildman–Crippen LogP) is 6.32. The molecule has 2 aromatic carbocycles. The van der Waals surface area contributed by atoms with Gasteiger partial charge in [-0.25, -0.2) is 13.8 Å². The Hall–Kier alpha value is -3.58. The van der Waals surface area contributed by atoms with Gasteiger partial charge in [-0.15, -0.1) is 0 Å². The van der Waals surface area contributed by atoms with Crippen molar-refractivity contribution < 1.29 is 8.78 Å². The summed E-state index contributed by atoms with van der Waals surface area (Å²) in [7, 11) is 0. The summed E-state index contributed by atoms with van der Waals surface area (Å²) in [5.41, 5.74) is 4.37. The zero-order valence-corrected chi connectivity index (χ0v) is 19.4. The summed E-state index contributed by atoms with van der Waals surface area (Å²) in [6.07, 6.45) is 4.61. The summed E-state index contributed by atoms with van der Waals surface area (Å²) in [6, 6.07) is 11.1. The summed E-state index contributed by atoms with van der Waals surface area (Å²) < 4.78 is 29.6. The predicted molar refractivity (Wildman–Crippen MR) is 133 cm³/mol. The number of nitrogens with zero attached hydrogens (tertiary/aromatic N) is 3. The molecule has 3 aromatic rings. The van der Waals surface area contributed by atoms with Crippen molar-refractivity contribution in [1.82, 2.24) is 10.2 Å². The molecular weight excluding hydrogens is 456 g/mol. The van der Waals surface area contributed by atoms with Crippen LogP contribution in [0.15, 0.2) is 69.9 Å². The molecule has 2 N–H and O–H groups in total. The molecule has 172 valence electrons. The smallest absolute Gasteiger partial charge is 0.153 e. The van der Waals surface area contributed by atoms with E-state index in [-0.39, 0.29) is 23.7 Å². The minimum atomic E-state index is -0.664. The van der Waals surface area contributed by atoms with E-state index in [0.29, 0.717) is 22.2 Å². The zero-order valence-electron chi connectivity index (χ0n) is 18.7. The van der Waals surface area contributed by atoms with E-state index in [2.05, 4.69) is 38.5 Å². The van der Waals surface area contributed by atoms with Crippen molar-refractivity contribution in [3.05, 3.63) is 99.0 Å². The van der Waals surface area contributed by atoms with Crippen molar-refractivity contribution in [3.8, 4) is 0 Å². The first-order chi connectivity index (χ1) is 16.4. The third-order valence-electron chi connectivity index (χ3n) is 5.97. The Labute approximate surface area is 201 Å². The highest BCUT2D eigenvalue weighted by atomic mass is 35.5. The van der Waals surface area contributed by atoms with Gasteiger partial charge >= 0.3 is 0 Å². The third-order valence-corrected chi connectivity index (χ3v) is 6.21. The highest BCUT2D eigenvalue weighted by Gasteiger charge is 2.28. The van der Waals surface area contributed by atoms with Crippen LogP contribution in [-0.2, 0) is 0 Å². The van der Waals surface area contributed by atoms with Gasteiger partial charge in [-0.05, 0) is 60.4 Å². The van der Waals surface area contributed by atoms with Crippen LogP contribution in [0.4, 0.5) is 14.6 Å². The molecule has 1 aromatic heterocycles. The van der Waals surface area contributed by atoms with E-state index in [1.54, 1.807) is 18.3 Å². The number of nitrogens with one attached hydrogen (secondary N) is 2. The number of aromatic amines is 1. The number of benzene rings is 2. The maximum atomic E-state index is 14.8. The van der Waals surface area contributed by atoms with Crippen molar-refractivity contribution >= 4 is 34.9 Å². The molecule has 1 atom stereocenters. The molecule has 0 aliphatic carbocycles. The van der Waals surface area contributed by atoms with Gasteiger partial charge in [0.1, 0.15) is 17.5 Å². The zero-order chi connectivity index (χ0) is 23.8. The van der Waals surface area contributed by atoms with Crippen molar-refractivity contribution in [2.24, 2.45) is 15.9 Å². The molecule has 2 aliphatic heterocycles. The fourth-order valence-corrected chi connectivity index (χ4v) is 4.59. The number of aliphatic imine (C=N–C) groups is 2. The Kier molecular flexibility index (Phi) is 5.87. The molecule has 0 amide bonds. The van der Waals surface area contributed by atoms with Crippen LogP contribution < -0.4 is 5.32 Å². The Morgan fingerprint density at radius 1 is 1.12 bits per heavy atom. The van der Waals surface area contributed by atoms with Crippen molar-refractivity contribution in [2.45, 2.75) is 20.3 Å². The molecule has 0 fully saturated rings. The second-order valence-electron chi connectivity index (χ2n) is 8.28. The van der Waals surface area contributed by atoms with Gasteiger partial charge in [0, 0.05) is 34.5 Å². The van der Waals surface area contributed by atoms with Crippen LogP contribution in [0.3, 0.4) is 0 Å². The van der Waals surface area contributed by atoms with Crippen LogP contribution in [0.25, 0.3) is 5.57 Å². The maximum absolute atomic E-state index is 14.8. The number of H-pyrrole nitrogens is 1. The Balaban J connectivity index is 1.64. The molecule has 0 saturated heterocycles. The SMILES string of the molecule is CCC1C=C(Nc2cc(C)[nH]n2)N=CC2=C1c1ccc(Cl)cc1C(c1c(F)cccc1F)=NC2. The molecule has 5 rings (SSSR count). The van der Waals surface area contributed by atoms with Crippen LogP contribution in [0.2, 0.25) is 5.02 Å². The van der Waals surface area contributed by atoms with Crippen molar-refractivity contribution in [3.63, 3.8) is 0 Å². The van der Waals surface area contributed by atoms with E-state index < -0.39 is 11.6 Å². The van der Waals surface area contributed by atoms with E-state index in [0.717, 1.165) is 28.8 Å². The van der Waals surface area contributed by atoms with Crippen LogP contribution in [-0.4, -0.2) is 28.7 Å². The van der Waals surface area contributed by atoms with Gasteiger partial charge in [0.2, 0.25) is 0 Å². The number of allylic oxidation sites excluding steroid dienone is 2. The van der Waals surface area contributed by atoms with Gasteiger partial charge in [-0.3, -0.25) is 10.1 Å². The average molecular weight is 478 g/mol. The summed E-state index contributed by atoms with van der Waals surface area (Å²) in [5.74, 6) is 0.00736. The lowest BCUT2D eigenvalue weighted by Gasteiger charge is -2.20. The molecule has 3 heterocycles. The van der Waals surface area contributed by atoms with Crippen LogP contribution in [0.1, 0.15) is 35.7 Å². The molecule has 2 aliphatic rings. The number of halogens is 3. The summed E-state index contributed by atoms with van der Waals surface area (Å²) in [6.45, 7) is 4.25. The molecule has 1 unspecified atom stereocenters.